The fourth-order valence-corrected chi connectivity index (χ4v) is 3.46. The van der Waals surface area contributed by atoms with E-state index in [4.69, 9.17) is 9.47 Å². The molecule has 0 aromatic heterocycles. The number of carbonyl (C=O) groups is 1. The normalized spacial score (nSPS) is 13.3. The molecule has 0 aliphatic rings. The van der Waals surface area contributed by atoms with Crippen molar-refractivity contribution in [3.05, 3.63) is 84.7 Å². The van der Waals surface area contributed by atoms with Crippen molar-refractivity contribution in [2.45, 2.75) is 39.7 Å². The molecule has 154 valence electrons. The van der Waals surface area contributed by atoms with Crippen LogP contribution in [0.15, 0.2) is 79.1 Å². The second kappa shape index (κ2) is 9.60. The summed E-state index contributed by atoms with van der Waals surface area (Å²) in [6.45, 7) is 16.1. The number of rotatable bonds is 8. The van der Waals surface area contributed by atoms with Crippen LogP contribution in [-0.2, 0) is 20.7 Å². The predicted molar refractivity (Wildman–Crippen MR) is 119 cm³/mol. The minimum absolute atomic E-state index is 0.297. The van der Waals surface area contributed by atoms with Crippen LogP contribution in [0.25, 0.3) is 11.1 Å². The molecule has 2 rings (SSSR count). The van der Waals surface area contributed by atoms with Gasteiger partial charge in [-0.1, -0.05) is 80.3 Å². The fourth-order valence-electron chi connectivity index (χ4n) is 3.46. The minimum Gasteiger partial charge on any atom is -0.492 e. The van der Waals surface area contributed by atoms with Crippen molar-refractivity contribution >= 4 is 5.97 Å². The lowest BCUT2D eigenvalue weighted by molar-refractivity contribution is -0.146. The van der Waals surface area contributed by atoms with Gasteiger partial charge in [0.25, 0.3) is 0 Å². The average Bonchev–Trinajstić information content (AvgIpc) is 2.67. The van der Waals surface area contributed by atoms with E-state index in [9.17, 15) is 4.79 Å². The van der Waals surface area contributed by atoms with Crippen LogP contribution in [0.5, 0.6) is 0 Å². The first-order valence-corrected chi connectivity index (χ1v) is 9.90. The van der Waals surface area contributed by atoms with Crippen LogP contribution in [0.4, 0.5) is 0 Å². The minimum atomic E-state index is -0.425. The Hall–Kier alpha value is -2.81. The zero-order valence-corrected chi connectivity index (χ0v) is 18.2. The highest BCUT2D eigenvalue weighted by molar-refractivity contribution is 5.73. The highest BCUT2D eigenvalue weighted by Crippen LogP contribution is 2.33. The van der Waals surface area contributed by atoms with Gasteiger partial charge >= 0.3 is 5.97 Å². The Balaban J connectivity index is 2.20. The molecule has 1 unspecified atom stereocenters. The van der Waals surface area contributed by atoms with Crippen molar-refractivity contribution in [3.63, 3.8) is 0 Å². The van der Waals surface area contributed by atoms with E-state index < -0.39 is 11.5 Å². The maximum Gasteiger partial charge on any atom is 0.309 e. The van der Waals surface area contributed by atoms with Gasteiger partial charge in [0, 0.05) is 5.92 Å². The summed E-state index contributed by atoms with van der Waals surface area (Å²) in [6, 6.07) is 18.7. The van der Waals surface area contributed by atoms with Crippen molar-refractivity contribution in [3.8, 4) is 11.1 Å². The first-order chi connectivity index (χ1) is 13.6. The number of methoxy groups -OCH3 is 1. The van der Waals surface area contributed by atoms with Crippen LogP contribution >= 0.6 is 0 Å². The van der Waals surface area contributed by atoms with Gasteiger partial charge < -0.3 is 9.47 Å². The van der Waals surface area contributed by atoms with E-state index in [2.05, 4.69) is 49.6 Å². The monoisotopic (exact) mass is 392 g/mol. The van der Waals surface area contributed by atoms with Gasteiger partial charge in [-0.3, -0.25) is 4.79 Å². The smallest absolute Gasteiger partial charge is 0.309 e. The Morgan fingerprint density at radius 2 is 1.52 bits per heavy atom. The van der Waals surface area contributed by atoms with Crippen molar-refractivity contribution in [1.82, 2.24) is 0 Å². The molecular weight excluding hydrogens is 360 g/mol. The summed E-state index contributed by atoms with van der Waals surface area (Å²) in [5, 5.41) is 0. The van der Waals surface area contributed by atoms with Gasteiger partial charge in [0.05, 0.1) is 18.8 Å². The highest BCUT2D eigenvalue weighted by Gasteiger charge is 2.32. The van der Waals surface area contributed by atoms with E-state index in [-0.39, 0.29) is 11.9 Å². The second-order valence-electron chi connectivity index (χ2n) is 8.37. The van der Waals surface area contributed by atoms with Crippen LogP contribution in [0, 0.1) is 11.8 Å². The van der Waals surface area contributed by atoms with Crippen LogP contribution in [0.1, 0.15) is 33.3 Å². The molecule has 0 saturated carbocycles. The van der Waals surface area contributed by atoms with Crippen molar-refractivity contribution in [1.29, 1.82) is 0 Å². The lowest BCUT2D eigenvalue weighted by Crippen LogP contribution is -2.30. The zero-order valence-electron chi connectivity index (χ0n) is 18.2. The maximum atomic E-state index is 12.2. The first-order valence-electron chi connectivity index (χ1n) is 9.90. The Morgan fingerprint density at radius 3 is 2.03 bits per heavy atom. The summed E-state index contributed by atoms with van der Waals surface area (Å²) >= 11 is 0. The third-order valence-corrected chi connectivity index (χ3v) is 4.79. The van der Waals surface area contributed by atoms with E-state index in [0.29, 0.717) is 12.2 Å². The van der Waals surface area contributed by atoms with E-state index in [1.807, 2.05) is 45.9 Å². The fraction of sp³-hybridized carbons (Fsp3) is 0.346. The molecule has 0 aliphatic carbocycles. The van der Waals surface area contributed by atoms with Crippen molar-refractivity contribution < 1.29 is 14.3 Å². The molecule has 0 heterocycles. The number of hydrogen-bond acceptors (Lipinski definition) is 3. The van der Waals surface area contributed by atoms with Gasteiger partial charge in [-0.25, -0.2) is 0 Å². The second-order valence-corrected chi connectivity index (χ2v) is 8.37. The molecule has 2 aromatic carbocycles. The molecule has 0 fully saturated rings. The summed E-state index contributed by atoms with van der Waals surface area (Å²) in [5.41, 5.74) is 3.95. The number of benzene rings is 2. The maximum absolute atomic E-state index is 12.2. The first kappa shape index (κ1) is 22.5. The topological polar surface area (TPSA) is 35.5 Å². The molecule has 0 saturated heterocycles. The lowest BCUT2D eigenvalue weighted by atomic mass is 9.83. The Kier molecular flexibility index (Phi) is 7.44. The van der Waals surface area contributed by atoms with E-state index in [0.717, 1.165) is 11.1 Å². The largest absolute Gasteiger partial charge is 0.492 e. The van der Waals surface area contributed by atoms with Gasteiger partial charge in [0.2, 0.25) is 0 Å². The van der Waals surface area contributed by atoms with E-state index in [1.165, 1.54) is 18.2 Å². The van der Waals surface area contributed by atoms with Gasteiger partial charge in [-0.15, -0.1) is 0 Å². The van der Waals surface area contributed by atoms with Crippen molar-refractivity contribution in [2.75, 3.05) is 7.11 Å². The summed E-state index contributed by atoms with van der Waals surface area (Å²) in [6.07, 6.45) is 0.633. The molecule has 2 atom stereocenters. The molecule has 29 heavy (non-hydrogen) atoms. The van der Waals surface area contributed by atoms with Crippen molar-refractivity contribution in [2.24, 2.45) is 11.8 Å². The predicted octanol–water partition coefficient (Wildman–Crippen LogP) is 6.21. The summed E-state index contributed by atoms with van der Waals surface area (Å²) in [7, 11) is 1.40. The number of esters is 1. The molecule has 2 aromatic rings. The van der Waals surface area contributed by atoms with Crippen LogP contribution < -0.4 is 0 Å². The molecule has 0 amide bonds. The molecule has 0 N–H and O–H groups in total. The molecule has 0 radical (unpaired) electrons. The summed E-state index contributed by atoms with van der Waals surface area (Å²) in [4.78, 5) is 12.2. The molecule has 0 spiro atoms. The van der Waals surface area contributed by atoms with E-state index in [1.54, 1.807) is 0 Å². The third-order valence-electron chi connectivity index (χ3n) is 4.79. The molecule has 0 bridgehead atoms. The van der Waals surface area contributed by atoms with Crippen LogP contribution in [-0.4, -0.2) is 18.7 Å². The molecular formula is C26H32O3. The number of ether oxygens (including phenoxy) is 2. The Bertz CT molecular complexity index is 842. The van der Waals surface area contributed by atoms with Crippen LogP contribution in [0.3, 0.4) is 0 Å². The molecule has 0 aliphatic heterocycles. The average molecular weight is 393 g/mol. The number of carbonyl (C=O) groups excluding carboxylic acids is 1. The van der Waals surface area contributed by atoms with Crippen LogP contribution in [0.2, 0.25) is 0 Å². The quantitative estimate of drug-likeness (QED) is 0.304. The summed E-state index contributed by atoms with van der Waals surface area (Å²) in [5.74, 6) is -0.503. The van der Waals surface area contributed by atoms with Gasteiger partial charge in [-0.05, 0) is 43.9 Å². The third kappa shape index (κ3) is 6.35. The van der Waals surface area contributed by atoms with Gasteiger partial charge in [0.15, 0.2) is 0 Å². The molecule has 3 nitrogen and oxygen atoms in total. The number of hydrogen-bond donors (Lipinski definition) is 0. The standard InChI is InChI=1S/C26H32O3/c1-18(24(19(2)25(27)28-7)20(3)29-26(4,5)6)17-21-13-15-23(16-14-21)22-11-9-8-10-12-22/h8-16,19,24H,1,3,17H2,2,4-7H3/t19-,24?/m1/s1. The van der Waals surface area contributed by atoms with Gasteiger partial charge in [-0.2, -0.15) is 0 Å². The van der Waals surface area contributed by atoms with E-state index >= 15 is 0 Å². The Morgan fingerprint density at radius 1 is 0.966 bits per heavy atom. The Labute approximate surface area is 175 Å². The molecule has 3 heteroatoms. The zero-order chi connectivity index (χ0) is 21.6. The van der Waals surface area contributed by atoms with Gasteiger partial charge in [0.1, 0.15) is 5.60 Å². The number of allylic oxidation sites excluding steroid dienone is 1. The highest BCUT2D eigenvalue weighted by atomic mass is 16.5. The SMILES string of the molecule is C=C(Cc1ccc(-c2ccccc2)cc1)C(C(=C)OC(C)(C)C)[C@@H](C)C(=O)OC. The summed E-state index contributed by atoms with van der Waals surface area (Å²) < 4.78 is 10.9. The lowest BCUT2D eigenvalue weighted by Gasteiger charge is -2.31.